The van der Waals surface area contributed by atoms with Gasteiger partial charge in [-0.1, -0.05) is 46.0 Å². The summed E-state index contributed by atoms with van der Waals surface area (Å²) < 4.78 is 0. The van der Waals surface area contributed by atoms with Gasteiger partial charge in [-0.25, -0.2) is 0 Å². The van der Waals surface area contributed by atoms with E-state index in [0.29, 0.717) is 12.8 Å². The Bertz CT molecular complexity index is 302. The second kappa shape index (κ2) is 8.10. The molecule has 0 aliphatic heterocycles. The molecule has 108 valence electrons. The van der Waals surface area contributed by atoms with E-state index >= 15 is 0 Å². The van der Waals surface area contributed by atoms with Crippen molar-refractivity contribution in [3.05, 3.63) is 0 Å². The molecule has 1 saturated carbocycles. The van der Waals surface area contributed by atoms with Crippen LogP contribution in [0.3, 0.4) is 0 Å². The molecule has 0 saturated heterocycles. The van der Waals surface area contributed by atoms with Gasteiger partial charge >= 0.3 is 35.0 Å². The van der Waals surface area contributed by atoms with Gasteiger partial charge in [0, 0.05) is 0 Å². The average Bonchev–Trinajstić information content (AvgIpc) is 2.35. The number of aliphatic carboxylic acids is 2. The van der Waals surface area contributed by atoms with Crippen LogP contribution in [0.1, 0.15) is 61.6 Å². The fourth-order valence-corrected chi connectivity index (χ4v) is 3.61. The van der Waals surface area contributed by atoms with Crippen LogP contribution < -0.4 is 0 Å². The maximum absolute atomic E-state index is 11.7. The second-order valence-electron chi connectivity index (χ2n) is 5.33. The number of hydrogen-bond acceptors (Lipinski definition) is 2. The Morgan fingerprint density at radius 3 is 1.84 bits per heavy atom. The van der Waals surface area contributed by atoms with Gasteiger partial charge in [0.25, 0.3) is 0 Å². The third-order valence-electron chi connectivity index (χ3n) is 4.59. The Balaban J connectivity index is -0.00000108. The van der Waals surface area contributed by atoms with Crippen LogP contribution in [0.25, 0.3) is 0 Å². The molecule has 19 heavy (non-hydrogen) atoms. The fourth-order valence-electron chi connectivity index (χ4n) is 3.61. The minimum absolute atomic E-state index is 0. The Hall–Kier alpha value is -0.294. The fraction of sp³-hybridized carbons (Fsp3) is 0.857. The molecular formula is C14H26MgO4. The van der Waals surface area contributed by atoms with E-state index in [1.165, 1.54) is 0 Å². The van der Waals surface area contributed by atoms with E-state index in [4.69, 9.17) is 0 Å². The molecule has 0 aromatic rings. The van der Waals surface area contributed by atoms with Gasteiger partial charge in [-0.3, -0.25) is 9.59 Å². The van der Waals surface area contributed by atoms with Crippen LogP contribution in [0.15, 0.2) is 0 Å². The Labute approximate surface area is 134 Å². The zero-order valence-electron chi connectivity index (χ0n) is 14.0. The molecule has 0 aromatic carbocycles. The zero-order chi connectivity index (χ0) is 13.8. The minimum Gasteiger partial charge on any atom is -1.00 e. The normalized spacial score (nSPS) is 17.0. The van der Waals surface area contributed by atoms with E-state index < -0.39 is 17.4 Å². The number of carboxylic acid groups (broad SMARTS) is 2. The van der Waals surface area contributed by atoms with Crippen molar-refractivity contribution in [3.8, 4) is 0 Å². The first-order valence-corrected chi connectivity index (χ1v) is 6.98. The van der Waals surface area contributed by atoms with Crippen LogP contribution in [0.4, 0.5) is 0 Å². The van der Waals surface area contributed by atoms with Crippen molar-refractivity contribution in [2.75, 3.05) is 0 Å². The monoisotopic (exact) mass is 282 g/mol. The van der Waals surface area contributed by atoms with E-state index in [2.05, 4.69) is 0 Å². The number of rotatable bonds is 6. The van der Waals surface area contributed by atoms with E-state index in [-0.39, 0.29) is 37.7 Å². The van der Waals surface area contributed by atoms with Crippen LogP contribution in [-0.2, 0) is 9.59 Å². The molecule has 1 rings (SSSR count). The van der Waals surface area contributed by atoms with E-state index in [1.807, 2.05) is 13.8 Å². The Morgan fingerprint density at radius 2 is 1.53 bits per heavy atom. The summed E-state index contributed by atoms with van der Waals surface area (Å²) in [7, 11) is 0. The molecule has 0 aromatic heterocycles. The number of carbonyl (C=O) groups is 2. The van der Waals surface area contributed by atoms with Crippen molar-refractivity contribution in [1.29, 1.82) is 0 Å². The van der Waals surface area contributed by atoms with Gasteiger partial charge in [0.15, 0.2) is 5.41 Å². The van der Waals surface area contributed by atoms with Gasteiger partial charge in [-0.05, 0) is 24.7 Å². The Kier molecular flexibility index (Phi) is 7.97. The van der Waals surface area contributed by atoms with Gasteiger partial charge < -0.3 is 13.1 Å². The molecule has 1 fully saturated rings. The summed E-state index contributed by atoms with van der Waals surface area (Å²) in [6.45, 7) is 3.77. The first-order chi connectivity index (χ1) is 8.51. The van der Waals surface area contributed by atoms with Crippen molar-refractivity contribution in [3.63, 3.8) is 0 Å². The van der Waals surface area contributed by atoms with E-state index in [0.717, 1.165) is 32.1 Å². The number of carboxylic acids is 2. The Morgan fingerprint density at radius 1 is 1.11 bits per heavy atom. The van der Waals surface area contributed by atoms with Crippen LogP contribution in [0, 0.1) is 17.3 Å². The molecule has 0 heterocycles. The molecule has 1 aliphatic rings. The first-order valence-electron chi connectivity index (χ1n) is 6.98. The third kappa shape index (κ3) is 3.43. The van der Waals surface area contributed by atoms with Crippen LogP contribution in [0.5, 0.6) is 0 Å². The predicted molar refractivity (Wildman–Crippen MR) is 76.3 cm³/mol. The molecule has 4 nitrogen and oxygen atoms in total. The molecule has 0 atom stereocenters. The summed E-state index contributed by atoms with van der Waals surface area (Å²) in [5, 5.41) is 19.2. The van der Waals surface area contributed by atoms with Gasteiger partial charge in [0.2, 0.25) is 0 Å². The predicted octanol–water partition coefficient (Wildman–Crippen LogP) is 3.00. The van der Waals surface area contributed by atoms with Crippen molar-refractivity contribution in [2.45, 2.75) is 58.8 Å². The van der Waals surface area contributed by atoms with Gasteiger partial charge in [0.1, 0.15) is 0 Å². The number of hydrogen-bond donors (Lipinski definition) is 2. The maximum Gasteiger partial charge on any atom is 2.00 e. The molecule has 5 heteroatoms. The molecule has 2 N–H and O–H groups in total. The van der Waals surface area contributed by atoms with Gasteiger partial charge in [-0.15, -0.1) is 0 Å². The van der Waals surface area contributed by atoms with Crippen LogP contribution in [-0.4, -0.2) is 45.2 Å². The molecule has 0 amide bonds. The van der Waals surface area contributed by atoms with Gasteiger partial charge in [0.05, 0.1) is 0 Å². The van der Waals surface area contributed by atoms with Crippen molar-refractivity contribution in [2.24, 2.45) is 17.3 Å². The molecular weight excluding hydrogens is 256 g/mol. The minimum atomic E-state index is -1.58. The largest absolute Gasteiger partial charge is 2.00 e. The third-order valence-corrected chi connectivity index (χ3v) is 4.59. The smallest absolute Gasteiger partial charge is 1.00 e. The van der Waals surface area contributed by atoms with Crippen molar-refractivity contribution in [1.82, 2.24) is 0 Å². The second-order valence-corrected chi connectivity index (χ2v) is 5.33. The topological polar surface area (TPSA) is 74.6 Å². The summed E-state index contributed by atoms with van der Waals surface area (Å²) in [6, 6.07) is 0. The summed E-state index contributed by atoms with van der Waals surface area (Å²) >= 11 is 0. The van der Waals surface area contributed by atoms with Crippen LogP contribution >= 0.6 is 0 Å². The SMILES string of the molecule is CCC(CC)C(C(=O)O)(C(=O)O)C1CCCCC1.[H-].[H-].[Mg+2]. The van der Waals surface area contributed by atoms with Crippen molar-refractivity contribution >= 4 is 35.0 Å². The molecule has 0 spiro atoms. The zero-order valence-corrected chi connectivity index (χ0v) is 13.4. The average molecular weight is 283 g/mol. The summed E-state index contributed by atoms with van der Waals surface area (Å²) in [5.41, 5.74) is -1.58. The molecule has 1 aliphatic carbocycles. The standard InChI is InChI=1S/C14H24O4.Mg.2H/c1-3-10(4-2)14(12(15)16,13(17)18)11-8-6-5-7-9-11;;;/h10-11H,3-9H2,1-2H3,(H,15,16)(H,17,18);;;/q;+2;2*-1. The summed E-state index contributed by atoms with van der Waals surface area (Å²) in [5.74, 6) is -2.78. The van der Waals surface area contributed by atoms with E-state index in [1.54, 1.807) is 0 Å². The summed E-state index contributed by atoms with van der Waals surface area (Å²) in [6.07, 6.45) is 5.66. The van der Waals surface area contributed by atoms with Gasteiger partial charge in [-0.2, -0.15) is 0 Å². The quantitative estimate of drug-likeness (QED) is 0.580. The summed E-state index contributed by atoms with van der Waals surface area (Å²) in [4.78, 5) is 23.5. The first kappa shape index (κ1) is 18.7. The van der Waals surface area contributed by atoms with Crippen LogP contribution in [0.2, 0.25) is 0 Å². The van der Waals surface area contributed by atoms with E-state index in [9.17, 15) is 19.8 Å². The molecule has 0 bridgehead atoms. The molecule has 0 radical (unpaired) electrons. The molecule has 0 unspecified atom stereocenters. The van der Waals surface area contributed by atoms with Crippen molar-refractivity contribution < 1.29 is 22.7 Å². The maximum atomic E-state index is 11.7.